The van der Waals surface area contributed by atoms with Gasteiger partial charge in [-0.15, -0.1) is 0 Å². The van der Waals surface area contributed by atoms with Crippen LogP contribution in [0.4, 0.5) is 5.95 Å². The lowest BCUT2D eigenvalue weighted by Crippen LogP contribution is -2.24. The largest absolute Gasteiger partial charge is 0.506 e. The summed E-state index contributed by atoms with van der Waals surface area (Å²) in [6.07, 6.45) is 1.43. The van der Waals surface area contributed by atoms with E-state index in [0.717, 1.165) is 4.68 Å². The highest BCUT2D eigenvalue weighted by Gasteiger charge is 2.07. The zero-order valence-corrected chi connectivity index (χ0v) is 13.5. The smallest absolute Gasteiger partial charge is 0.261 e. The Kier molecular flexibility index (Phi) is 4.85. The molecule has 0 bridgehead atoms. The van der Waals surface area contributed by atoms with Crippen molar-refractivity contribution in [2.75, 3.05) is 5.73 Å². The summed E-state index contributed by atoms with van der Waals surface area (Å²) < 4.78 is 2.15. The van der Waals surface area contributed by atoms with E-state index in [2.05, 4.69) is 57.9 Å². The van der Waals surface area contributed by atoms with E-state index < -0.39 is 5.91 Å². The van der Waals surface area contributed by atoms with Gasteiger partial charge in [0.05, 0.1) is 15.2 Å². The molecule has 0 aliphatic heterocycles. The zero-order chi connectivity index (χ0) is 15.4. The fourth-order valence-electron chi connectivity index (χ4n) is 1.33. The predicted molar refractivity (Wildman–Crippen MR) is 81.5 cm³/mol. The van der Waals surface area contributed by atoms with Crippen molar-refractivity contribution in [2.24, 2.45) is 5.10 Å². The molecule has 0 aliphatic rings. The maximum Gasteiger partial charge on any atom is 0.261 e. The Morgan fingerprint density at radius 3 is 2.71 bits per heavy atom. The molecule has 2 aromatic rings. The van der Waals surface area contributed by atoms with Crippen LogP contribution in [0.2, 0.25) is 0 Å². The number of nitrogens with zero attached hydrogens (tertiary/aromatic N) is 5. The van der Waals surface area contributed by atoms with Crippen molar-refractivity contribution in [2.45, 2.75) is 6.54 Å². The third-order valence-corrected chi connectivity index (χ3v) is 3.50. The fraction of sp³-hybridized carbons (Fsp3) is 0.100. The number of nitrogen functional groups attached to an aromatic ring is 1. The standard InChI is InChI=1S/C10H9Br2N7O2/c11-6-1-5(2-7(12)9(6)21)3-14-15-8(20)4-19-10(13)16-17-18-19/h1-3,21H,4H2,(H,15,20)(H2,13,16,18)/b14-3+. The van der Waals surface area contributed by atoms with Crippen LogP contribution in [-0.2, 0) is 11.3 Å². The number of benzene rings is 1. The molecule has 0 atom stereocenters. The summed E-state index contributed by atoms with van der Waals surface area (Å²) in [5.74, 6) is -0.298. The molecule has 0 saturated heterocycles. The summed E-state index contributed by atoms with van der Waals surface area (Å²) in [7, 11) is 0. The number of aromatic hydroxyl groups is 1. The monoisotopic (exact) mass is 417 g/mol. The molecular formula is C10H9Br2N7O2. The Morgan fingerprint density at radius 1 is 1.48 bits per heavy atom. The average Bonchev–Trinajstić information content (AvgIpc) is 2.81. The number of hydrazone groups is 1. The zero-order valence-electron chi connectivity index (χ0n) is 10.4. The van der Waals surface area contributed by atoms with Gasteiger partial charge in [-0.05, 0) is 60.0 Å². The van der Waals surface area contributed by atoms with Gasteiger partial charge in [0.25, 0.3) is 5.91 Å². The van der Waals surface area contributed by atoms with E-state index in [-0.39, 0.29) is 18.2 Å². The topological polar surface area (TPSA) is 131 Å². The quantitative estimate of drug-likeness (QED) is 0.493. The summed E-state index contributed by atoms with van der Waals surface area (Å²) in [5.41, 5.74) is 8.42. The number of anilines is 1. The van der Waals surface area contributed by atoms with E-state index in [9.17, 15) is 9.90 Å². The van der Waals surface area contributed by atoms with E-state index >= 15 is 0 Å². The van der Waals surface area contributed by atoms with Crippen LogP contribution < -0.4 is 11.2 Å². The van der Waals surface area contributed by atoms with E-state index in [1.165, 1.54) is 6.21 Å². The van der Waals surface area contributed by atoms with Gasteiger partial charge >= 0.3 is 0 Å². The second-order valence-electron chi connectivity index (χ2n) is 3.82. The molecule has 1 amide bonds. The van der Waals surface area contributed by atoms with Gasteiger partial charge in [-0.3, -0.25) is 4.79 Å². The fourth-order valence-corrected chi connectivity index (χ4v) is 2.56. The SMILES string of the molecule is Nc1nnnn1CC(=O)N/N=C/c1cc(Br)c(O)c(Br)c1. The molecule has 0 fully saturated rings. The number of phenols is 1. The Balaban J connectivity index is 1.96. The minimum absolute atomic E-state index is 0.0422. The van der Waals surface area contributed by atoms with Crippen LogP contribution in [0.5, 0.6) is 5.75 Å². The van der Waals surface area contributed by atoms with E-state index in [1.54, 1.807) is 12.1 Å². The van der Waals surface area contributed by atoms with E-state index in [1.807, 2.05) is 0 Å². The molecule has 11 heteroatoms. The van der Waals surface area contributed by atoms with Gasteiger partial charge in [0.1, 0.15) is 12.3 Å². The predicted octanol–water partition coefficient (Wildman–Crippen LogP) is 0.636. The number of nitrogens with one attached hydrogen (secondary N) is 1. The van der Waals surface area contributed by atoms with Gasteiger partial charge in [-0.2, -0.15) is 5.10 Å². The van der Waals surface area contributed by atoms with Crippen LogP contribution >= 0.6 is 31.9 Å². The number of nitrogens with two attached hydrogens (primary N) is 1. The molecule has 0 saturated carbocycles. The average molecular weight is 419 g/mol. The summed E-state index contributed by atoms with van der Waals surface area (Å²) >= 11 is 6.39. The van der Waals surface area contributed by atoms with E-state index in [0.29, 0.717) is 14.5 Å². The number of phenolic OH excluding ortho intramolecular Hbond substituents is 1. The van der Waals surface area contributed by atoms with Gasteiger partial charge < -0.3 is 10.8 Å². The van der Waals surface area contributed by atoms with Crippen molar-refractivity contribution in [1.82, 2.24) is 25.6 Å². The number of carbonyl (C=O) groups excluding carboxylic acids is 1. The molecule has 0 radical (unpaired) electrons. The summed E-state index contributed by atoms with van der Waals surface area (Å²) in [4.78, 5) is 11.6. The van der Waals surface area contributed by atoms with Crippen LogP contribution in [0.25, 0.3) is 0 Å². The normalized spacial score (nSPS) is 11.0. The van der Waals surface area contributed by atoms with Crippen molar-refractivity contribution in [3.8, 4) is 5.75 Å². The lowest BCUT2D eigenvalue weighted by Gasteiger charge is -2.02. The highest BCUT2D eigenvalue weighted by atomic mass is 79.9. The van der Waals surface area contributed by atoms with Crippen molar-refractivity contribution in [1.29, 1.82) is 0 Å². The molecule has 0 aliphatic carbocycles. The molecule has 2 rings (SSSR count). The molecule has 110 valence electrons. The lowest BCUT2D eigenvalue weighted by molar-refractivity contribution is -0.121. The third kappa shape index (κ3) is 3.98. The Hall–Kier alpha value is -2.01. The van der Waals surface area contributed by atoms with Crippen molar-refractivity contribution in [3.05, 3.63) is 26.6 Å². The van der Waals surface area contributed by atoms with E-state index in [4.69, 9.17) is 5.73 Å². The molecule has 0 unspecified atom stereocenters. The minimum Gasteiger partial charge on any atom is -0.506 e. The number of aromatic nitrogens is 4. The summed E-state index contributed by atoms with van der Waals surface area (Å²) in [5, 5.41) is 23.7. The molecule has 0 spiro atoms. The molecular weight excluding hydrogens is 410 g/mol. The van der Waals surface area contributed by atoms with Gasteiger partial charge in [0.2, 0.25) is 5.95 Å². The Bertz CT molecular complexity index is 677. The van der Waals surface area contributed by atoms with Crippen LogP contribution in [0, 0.1) is 0 Å². The molecule has 1 heterocycles. The Morgan fingerprint density at radius 2 is 2.14 bits per heavy atom. The summed E-state index contributed by atoms with van der Waals surface area (Å²) in [6, 6.07) is 3.30. The number of hydrogen-bond acceptors (Lipinski definition) is 7. The number of amides is 1. The highest BCUT2D eigenvalue weighted by molar-refractivity contribution is 9.11. The van der Waals surface area contributed by atoms with Crippen LogP contribution in [-0.4, -0.2) is 37.4 Å². The van der Waals surface area contributed by atoms with Gasteiger partial charge in [0, 0.05) is 0 Å². The first-order valence-electron chi connectivity index (χ1n) is 5.49. The Labute approximate surface area is 135 Å². The molecule has 9 nitrogen and oxygen atoms in total. The second kappa shape index (κ2) is 6.63. The first-order chi connectivity index (χ1) is 9.97. The van der Waals surface area contributed by atoms with Crippen molar-refractivity contribution in [3.63, 3.8) is 0 Å². The van der Waals surface area contributed by atoms with Gasteiger partial charge in [-0.25, -0.2) is 10.1 Å². The van der Waals surface area contributed by atoms with Crippen molar-refractivity contribution < 1.29 is 9.90 Å². The molecule has 1 aromatic heterocycles. The molecule has 1 aromatic carbocycles. The number of halogens is 2. The number of rotatable bonds is 4. The third-order valence-electron chi connectivity index (χ3n) is 2.30. The molecule has 21 heavy (non-hydrogen) atoms. The first kappa shape index (κ1) is 15.4. The summed E-state index contributed by atoms with van der Waals surface area (Å²) in [6.45, 7) is -0.140. The van der Waals surface area contributed by atoms with Crippen molar-refractivity contribution >= 4 is 49.9 Å². The van der Waals surface area contributed by atoms with Crippen LogP contribution in [0.3, 0.4) is 0 Å². The number of tetrazole rings is 1. The minimum atomic E-state index is -0.429. The maximum absolute atomic E-state index is 11.6. The first-order valence-corrected chi connectivity index (χ1v) is 7.07. The van der Waals surface area contributed by atoms with Gasteiger partial charge in [-0.1, -0.05) is 5.10 Å². The lowest BCUT2D eigenvalue weighted by atomic mass is 10.2. The number of hydrogen-bond donors (Lipinski definition) is 3. The number of carbonyl (C=O) groups is 1. The van der Waals surface area contributed by atoms with Gasteiger partial charge in [0.15, 0.2) is 0 Å². The maximum atomic E-state index is 11.6. The molecule has 4 N–H and O–H groups in total. The second-order valence-corrected chi connectivity index (χ2v) is 5.53. The van der Waals surface area contributed by atoms with Crippen LogP contribution in [0.15, 0.2) is 26.2 Å². The highest BCUT2D eigenvalue weighted by Crippen LogP contribution is 2.32. The van der Waals surface area contributed by atoms with Crippen LogP contribution in [0.1, 0.15) is 5.56 Å².